The average Bonchev–Trinajstić information content (AvgIpc) is 2.62. The van der Waals surface area contributed by atoms with E-state index in [0.717, 1.165) is 44.1 Å². The topological polar surface area (TPSA) is 48.5 Å². The number of aromatic nitrogens is 1. The number of nitrogens with zero attached hydrogens (tertiary/aromatic N) is 3. The second-order valence-corrected chi connectivity index (χ2v) is 6.54. The third-order valence-corrected chi connectivity index (χ3v) is 4.74. The van der Waals surface area contributed by atoms with Crippen LogP contribution in [-0.4, -0.2) is 48.5 Å². The lowest BCUT2D eigenvalue weighted by molar-refractivity contribution is 0.102. The first-order valence-electron chi connectivity index (χ1n) is 8.90. The van der Waals surface area contributed by atoms with Gasteiger partial charge in [-0.05, 0) is 56.3 Å². The van der Waals surface area contributed by atoms with Crippen molar-refractivity contribution in [1.82, 2.24) is 9.88 Å². The molecule has 0 aliphatic carbocycles. The van der Waals surface area contributed by atoms with Crippen molar-refractivity contribution in [3.8, 4) is 0 Å². The van der Waals surface area contributed by atoms with E-state index >= 15 is 0 Å². The zero-order chi connectivity index (χ0) is 17.8. The van der Waals surface area contributed by atoms with E-state index in [-0.39, 0.29) is 5.91 Å². The Kier molecular flexibility index (Phi) is 5.34. The Morgan fingerprint density at radius 3 is 2.52 bits per heavy atom. The largest absolute Gasteiger partial charge is 0.369 e. The van der Waals surface area contributed by atoms with Crippen molar-refractivity contribution in [2.24, 2.45) is 0 Å². The van der Waals surface area contributed by atoms with Crippen LogP contribution in [0.15, 0.2) is 36.4 Å². The van der Waals surface area contributed by atoms with Gasteiger partial charge in [0.2, 0.25) is 0 Å². The summed E-state index contributed by atoms with van der Waals surface area (Å²) >= 11 is 0. The highest BCUT2D eigenvalue weighted by molar-refractivity contribution is 6.03. The molecule has 2 heterocycles. The van der Waals surface area contributed by atoms with Gasteiger partial charge in [0, 0.05) is 43.2 Å². The van der Waals surface area contributed by atoms with Gasteiger partial charge in [-0.2, -0.15) is 0 Å². The molecule has 1 fully saturated rings. The molecule has 1 aromatic carbocycles. The van der Waals surface area contributed by atoms with Crippen molar-refractivity contribution < 1.29 is 4.79 Å². The first-order valence-corrected chi connectivity index (χ1v) is 8.90. The van der Waals surface area contributed by atoms with E-state index in [2.05, 4.69) is 40.0 Å². The van der Waals surface area contributed by atoms with Crippen LogP contribution in [0.1, 0.15) is 28.7 Å². The number of amides is 1. The van der Waals surface area contributed by atoms with Gasteiger partial charge in [0.15, 0.2) is 0 Å². The van der Waals surface area contributed by atoms with E-state index < -0.39 is 0 Å². The van der Waals surface area contributed by atoms with Gasteiger partial charge in [0.1, 0.15) is 5.69 Å². The number of likely N-dealkylation sites (N-methyl/N-ethyl adjacent to an activating group) is 1. The summed E-state index contributed by atoms with van der Waals surface area (Å²) in [6.07, 6.45) is 0. The van der Waals surface area contributed by atoms with Crippen molar-refractivity contribution in [1.29, 1.82) is 0 Å². The molecule has 25 heavy (non-hydrogen) atoms. The number of piperazine rings is 1. The van der Waals surface area contributed by atoms with Crippen LogP contribution in [-0.2, 0) is 0 Å². The second-order valence-electron chi connectivity index (χ2n) is 6.54. The molecule has 2 aromatic rings. The van der Waals surface area contributed by atoms with E-state index in [1.165, 1.54) is 11.3 Å². The van der Waals surface area contributed by atoms with Gasteiger partial charge in [-0.15, -0.1) is 0 Å². The fraction of sp³-hybridized carbons (Fsp3) is 0.400. The average molecular weight is 338 g/mol. The van der Waals surface area contributed by atoms with Gasteiger partial charge in [-0.1, -0.05) is 13.0 Å². The van der Waals surface area contributed by atoms with Gasteiger partial charge in [-0.3, -0.25) is 4.79 Å². The first kappa shape index (κ1) is 17.4. The summed E-state index contributed by atoms with van der Waals surface area (Å²) in [5.41, 5.74) is 4.52. The Labute approximate surface area is 149 Å². The molecule has 1 N–H and O–H groups in total. The molecule has 0 radical (unpaired) electrons. The normalized spacial score (nSPS) is 15.2. The van der Waals surface area contributed by atoms with Crippen molar-refractivity contribution >= 4 is 17.3 Å². The van der Waals surface area contributed by atoms with Gasteiger partial charge in [0.25, 0.3) is 5.91 Å². The van der Waals surface area contributed by atoms with Crippen LogP contribution in [0.4, 0.5) is 11.4 Å². The van der Waals surface area contributed by atoms with Crippen molar-refractivity contribution in [2.75, 3.05) is 42.9 Å². The van der Waals surface area contributed by atoms with Crippen LogP contribution in [0, 0.1) is 13.8 Å². The fourth-order valence-electron chi connectivity index (χ4n) is 3.26. The minimum atomic E-state index is -0.174. The van der Waals surface area contributed by atoms with Crippen molar-refractivity contribution in [3.05, 3.63) is 53.3 Å². The quantitative estimate of drug-likeness (QED) is 0.931. The third-order valence-electron chi connectivity index (χ3n) is 4.74. The van der Waals surface area contributed by atoms with E-state index in [1.807, 2.05) is 31.2 Å². The van der Waals surface area contributed by atoms with E-state index in [4.69, 9.17) is 0 Å². The number of benzene rings is 1. The summed E-state index contributed by atoms with van der Waals surface area (Å²) < 4.78 is 0. The molecule has 0 spiro atoms. The predicted octanol–water partition coefficient (Wildman–Crippen LogP) is 3.09. The molecule has 1 aliphatic heterocycles. The smallest absolute Gasteiger partial charge is 0.274 e. The molecule has 0 atom stereocenters. The molecule has 0 bridgehead atoms. The molecule has 1 saturated heterocycles. The summed E-state index contributed by atoms with van der Waals surface area (Å²) in [5, 5.41) is 2.94. The maximum atomic E-state index is 12.3. The third kappa shape index (κ3) is 4.17. The summed E-state index contributed by atoms with van der Waals surface area (Å²) in [6.45, 7) is 11.6. The Hall–Kier alpha value is -2.40. The lowest BCUT2D eigenvalue weighted by atomic mass is 10.1. The van der Waals surface area contributed by atoms with E-state index in [9.17, 15) is 4.79 Å². The first-order chi connectivity index (χ1) is 12.1. The molecular weight excluding hydrogens is 312 g/mol. The monoisotopic (exact) mass is 338 g/mol. The van der Waals surface area contributed by atoms with Crippen molar-refractivity contribution in [3.63, 3.8) is 0 Å². The summed E-state index contributed by atoms with van der Waals surface area (Å²) in [5.74, 6) is -0.174. The highest BCUT2D eigenvalue weighted by Gasteiger charge is 2.17. The fourth-order valence-corrected chi connectivity index (χ4v) is 3.26. The summed E-state index contributed by atoms with van der Waals surface area (Å²) in [4.78, 5) is 21.5. The number of nitrogens with one attached hydrogen (secondary N) is 1. The number of rotatable bonds is 4. The maximum absolute atomic E-state index is 12.3. The van der Waals surface area contributed by atoms with Gasteiger partial charge < -0.3 is 15.1 Å². The molecule has 1 aromatic heterocycles. The van der Waals surface area contributed by atoms with Crippen LogP contribution in [0.3, 0.4) is 0 Å². The molecule has 5 nitrogen and oxygen atoms in total. The van der Waals surface area contributed by atoms with Crippen molar-refractivity contribution in [2.45, 2.75) is 20.8 Å². The van der Waals surface area contributed by atoms with E-state index in [1.54, 1.807) is 6.07 Å². The van der Waals surface area contributed by atoms with Gasteiger partial charge in [0.05, 0.1) is 0 Å². The zero-order valence-electron chi connectivity index (χ0n) is 15.2. The van der Waals surface area contributed by atoms with Gasteiger partial charge in [-0.25, -0.2) is 4.98 Å². The number of hydrogen-bond acceptors (Lipinski definition) is 4. The van der Waals surface area contributed by atoms with Crippen LogP contribution in [0.2, 0.25) is 0 Å². The molecule has 0 saturated carbocycles. The van der Waals surface area contributed by atoms with Crippen LogP contribution >= 0.6 is 0 Å². The Balaban J connectivity index is 1.69. The summed E-state index contributed by atoms with van der Waals surface area (Å²) in [7, 11) is 0. The van der Waals surface area contributed by atoms with Crippen LogP contribution in [0.5, 0.6) is 0 Å². The molecule has 132 valence electrons. The lowest BCUT2D eigenvalue weighted by Gasteiger charge is -2.36. The lowest BCUT2D eigenvalue weighted by Crippen LogP contribution is -2.46. The molecule has 1 amide bonds. The van der Waals surface area contributed by atoms with E-state index in [0.29, 0.717) is 5.69 Å². The highest BCUT2D eigenvalue weighted by Crippen LogP contribution is 2.25. The zero-order valence-corrected chi connectivity index (χ0v) is 15.2. The number of anilines is 2. The Bertz CT molecular complexity index is 751. The van der Waals surface area contributed by atoms with Gasteiger partial charge >= 0.3 is 0 Å². The van der Waals surface area contributed by atoms with Crippen LogP contribution < -0.4 is 10.2 Å². The molecule has 3 rings (SSSR count). The SMILES string of the molecule is CCN1CCN(c2ccc(NC(=O)c3cccc(C)n3)cc2C)CC1. The standard InChI is InChI=1S/C20H26N4O/c1-4-23-10-12-24(13-11-23)19-9-8-17(14-15(19)2)22-20(25)18-7-5-6-16(3)21-18/h5-9,14H,4,10-13H2,1-3H3,(H,22,25). The Morgan fingerprint density at radius 2 is 1.88 bits per heavy atom. The minimum absolute atomic E-state index is 0.174. The highest BCUT2D eigenvalue weighted by atomic mass is 16.1. The second kappa shape index (κ2) is 7.66. The number of hydrogen-bond donors (Lipinski definition) is 1. The maximum Gasteiger partial charge on any atom is 0.274 e. The number of carbonyl (C=O) groups excluding carboxylic acids is 1. The number of pyridine rings is 1. The number of carbonyl (C=O) groups is 1. The van der Waals surface area contributed by atoms with Crippen LogP contribution in [0.25, 0.3) is 0 Å². The predicted molar refractivity (Wildman–Crippen MR) is 102 cm³/mol. The summed E-state index contributed by atoms with van der Waals surface area (Å²) in [6, 6.07) is 11.6. The molecule has 0 unspecified atom stereocenters. The molecule has 5 heteroatoms. The molecular formula is C20H26N4O. The minimum Gasteiger partial charge on any atom is -0.369 e. The Morgan fingerprint density at radius 1 is 1.12 bits per heavy atom. The number of aryl methyl sites for hydroxylation is 2. The molecule has 1 aliphatic rings.